The maximum Gasteiger partial charge on any atom is 0.138 e. The van der Waals surface area contributed by atoms with E-state index in [4.69, 9.17) is 9.84 Å². The van der Waals surface area contributed by atoms with Gasteiger partial charge >= 0.3 is 0 Å². The summed E-state index contributed by atoms with van der Waals surface area (Å²) in [5.41, 5.74) is 6.98. The standard InChI is InChI=1S/C24H21N3O/c1-28-20-14-12-19(13-15-20)27-24(25-18-8-3-2-4-9-18)22-16-11-17-7-5-6-10-21(17)23(22)26-27/h2-10,12-15,25H,11,16H2,1H3. The van der Waals surface area contributed by atoms with Crippen LogP contribution < -0.4 is 10.1 Å². The van der Waals surface area contributed by atoms with Gasteiger partial charge in [-0.15, -0.1) is 0 Å². The minimum Gasteiger partial charge on any atom is -0.497 e. The molecule has 0 aliphatic heterocycles. The molecule has 0 spiro atoms. The van der Waals surface area contributed by atoms with Crippen molar-refractivity contribution in [2.24, 2.45) is 0 Å². The summed E-state index contributed by atoms with van der Waals surface area (Å²) in [5.74, 6) is 1.87. The van der Waals surface area contributed by atoms with E-state index in [0.717, 1.165) is 41.5 Å². The SMILES string of the molecule is COc1ccc(-n2nc3c(c2Nc2ccccc2)CCc2ccccc2-3)cc1. The van der Waals surface area contributed by atoms with Crippen molar-refractivity contribution in [3.05, 3.63) is 90.0 Å². The molecule has 1 aromatic heterocycles. The van der Waals surface area contributed by atoms with Gasteiger partial charge in [0.1, 0.15) is 11.6 Å². The molecule has 0 saturated carbocycles. The summed E-state index contributed by atoms with van der Waals surface area (Å²) in [6.45, 7) is 0. The number of aryl methyl sites for hydroxylation is 1. The Kier molecular flexibility index (Phi) is 4.09. The normalized spacial score (nSPS) is 12.2. The summed E-state index contributed by atoms with van der Waals surface area (Å²) in [6.07, 6.45) is 2.00. The van der Waals surface area contributed by atoms with Crippen LogP contribution in [-0.4, -0.2) is 16.9 Å². The first-order chi connectivity index (χ1) is 13.8. The molecule has 0 amide bonds. The van der Waals surface area contributed by atoms with Gasteiger partial charge in [-0.3, -0.25) is 0 Å². The molecular formula is C24H21N3O. The molecule has 28 heavy (non-hydrogen) atoms. The fourth-order valence-electron chi connectivity index (χ4n) is 3.83. The number of benzene rings is 3. The molecular weight excluding hydrogens is 346 g/mol. The third kappa shape index (κ3) is 2.83. The van der Waals surface area contributed by atoms with Gasteiger partial charge in [0.15, 0.2) is 0 Å². The number of nitrogens with one attached hydrogen (secondary N) is 1. The first-order valence-corrected chi connectivity index (χ1v) is 9.50. The fourth-order valence-corrected chi connectivity index (χ4v) is 3.83. The second kappa shape index (κ2) is 6.89. The average Bonchev–Trinajstić information content (AvgIpc) is 3.13. The van der Waals surface area contributed by atoms with E-state index < -0.39 is 0 Å². The van der Waals surface area contributed by atoms with Crippen molar-refractivity contribution in [2.45, 2.75) is 12.8 Å². The lowest BCUT2D eigenvalue weighted by atomic mass is 9.90. The highest BCUT2D eigenvalue weighted by molar-refractivity contribution is 5.77. The summed E-state index contributed by atoms with van der Waals surface area (Å²) >= 11 is 0. The Morgan fingerprint density at radius 2 is 1.61 bits per heavy atom. The van der Waals surface area contributed by atoms with Crippen LogP contribution in [0, 0.1) is 0 Å². The summed E-state index contributed by atoms with van der Waals surface area (Å²) in [7, 11) is 1.68. The lowest BCUT2D eigenvalue weighted by molar-refractivity contribution is 0.414. The molecule has 1 aliphatic carbocycles. The van der Waals surface area contributed by atoms with Crippen LogP contribution in [-0.2, 0) is 12.8 Å². The number of methoxy groups -OCH3 is 1. The van der Waals surface area contributed by atoms with Crippen molar-refractivity contribution < 1.29 is 4.74 Å². The summed E-state index contributed by atoms with van der Waals surface area (Å²) in [4.78, 5) is 0. The molecule has 0 saturated heterocycles. The fraction of sp³-hybridized carbons (Fsp3) is 0.125. The molecule has 0 fully saturated rings. The number of rotatable bonds is 4. The molecule has 4 nitrogen and oxygen atoms in total. The van der Waals surface area contributed by atoms with Gasteiger partial charge in [-0.05, 0) is 54.8 Å². The van der Waals surface area contributed by atoms with Crippen molar-refractivity contribution in [3.63, 3.8) is 0 Å². The van der Waals surface area contributed by atoms with Crippen LogP contribution in [0.5, 0.6) is 5.75 Å². The predicted octanol–water partition coefficient (Wildman–Crippen LogP) is 5.39. The van der Waals surface area contributed by atoms with Crippen LogP contribution in [0.4, 0.5) is 11.5 Å². The smallest absolute Gasteiger partial charge is 0.138 e. The topological polar surface area (TPSA) is 39.1 Å². The first kappa shape index (κ1) is 16.6. The number of aromatic nitrogens is 2. The van der Waals surface area contributed by atoms with Crippen LogP contribution in [0.1, 0.15) is 11.1 Å². The molecule has 1 N–H and O–H groups in total. The summed E-state index contributed by atoms with van der Waals surface area (Å²) < 4.78 is 7.33. The minimum atomic E-state index is 0.837. The van der Waals surface area contributed by atoms with Gasteiger partial charge in [0.05, 0.1) is 18.5 Å². The maximum atomic E-state index is 5.31. The van der Waals surface area contributed by atoms with Crippen LogP contribution in [0.25, 0.3) is 16.9 Å². The van der Waals surface area contributed by atoms with Crippen molar-refractivity contribution in [3.8, 4) is 22.7 Å². The zero-order valence-electron chi connectivity index (χ0n) is 15.7. The minimum absolute atomic E-state index is 0.837. The monoisotopic (exact) mass is 367 g/mol. The lowest BCUT2D eigenvalue weighted by Gasteiger charge is -2.16. The highest BCUT2D eigenvalue weighted by atomic mass is 16.5. The van der Waals surface area contributed by atoms with Crippen molar-refractivity contribution >= 4 is 11.5 Å². The second-order valence-electron chi connectivity index (χ2n) is 6.93. The number of anilines is 2. The van der Waals surface area contributed by atoms with Gasteiger partial charge < -0.3 is 10.1 Å². The molecule has 3 aromatic carbocycles. The molecule has 138 valence electrons. The van der Waals surface area contributed by atoms with Crippen LogP contribution >= 0.6 is 0 Å². The van der Waals surface area contributed by atoms with Crippen LogP contribution in [0.2, 0.25) is 0 Å². The third-order valence-electron chi connectivity index (χ3n) is 5.25. The average molecular weight is 367 g/mol. The van der Waals surface area contributed by atoms with E-state index in [0.29, 0.717) is 0 Å². The van der Waals surface area contributed by atoms with Gasteiger partial charge in [0.25, 0.3) is 0 Å². The van der Waals surface area contributed by atoms with Gasteiger partial charge in [0.2, 0.25) is 0 Å². The Labute approximate surface area is 164 Å². The Balaban J connectivity index is 1.68. The molecule has 1 aliphatic rings. The van der Waals surface area contributed by atoms with Gasteiger partial charge in [-0.25, -0.2) is 4.68 Å². The van der Waals surface area contributed by atoms with E-state index in [-0.39, 0.29) is 0 Å². The Bertz CT molecular complexity index is 1110. The highest BCUT2D eigenvalue weighted by Crippen LogP contribution is 2.39. The van der Waals surface area contributed by atoms with E-state index in [1.165, 1.54) is 16.7 Å². The van der Waals surface area contributed by atoms with E-state index in [1.54, 1.807) is 7.11 Å². The largest absolute Gasteiger partial charge is 0.497 e. The van der Waals surface area contributed by atoms with E-state index in [2.05, 4.69) is 41.7 Å². The maximum absolute atomic E-state index is 5.31. The van der Waals surface area contributed by atoms with Gasteiger partial charge in [-0.1, -0.05) is 42.5 Å². The molecule has 0 radical (unpaired) electrons. The Morgan fingerprint density at radius 1 is 0.857 bits per heavy atom. The van der Waals surface area contributed by atoms with Crippen molar-refractivity contribution in [1.29, 1.82) is 0 Å². The second-order valence-corrected chi connectivity index (χ2v) is 6.93. The Hall–Kier alpha value is -3.53. The van der Waals surface area contributed by atoms with E-state index in [9.17, 15) is 0 Å². The molecule has 0 bridgehead atoms. The summed E-state index contributed by atoms with van der Waals surface area (Å²) in [6, 6.07) is 26.8. The van der Waals surface area contributed by atoms with E-state index in [1.807, 2.05) is 47.1 Å². The first-order valence-electron chi connectivity index (χ1n) is 9.50. The van der Waals surface area contributed by atoms with Gasteiger partial charge in [-0.2, -0.15) is 5.10 Å². The molecule has 0 unspecified atom stereocenters. The molecule has 4 heteroatoms. The number of fused-ring (bicyclic) bond motifs is 3. The quantitative estimate of drug-likeness (QED) is 0.526. The predicted molar refractivity (Wildman–Crippen MR) is 113 cm³/mol. The number of hydrogen-bond acceptors (Lipinski definition) is 3. The number of nitrogens with zero attached hydrogens (tertiary/aromatic N) is 2. The highest BCUT2D eigenvalue weighted by Gasteiger charge is 2.25. The number of para-hydroxylation sites is 1. The van der Waals surface area contributed by atoms with E-state index >= 15 is 0 Å². The van der Waals surface area contributed by atoms with Crippen LogP contribution in [0.15, 0.2) is 78.9 Å². The third-order valence-corrected chi connectivity index (χ3v) is 5.25. The van der Waals surface area contributed by atoms with Gasteiger partial charge in [0, 0.05) is 16.8 Å². The zero-order valence-corrected chi connectivity index (χ0v) is 15.7. The van der Waals surface area contributed by atoms with Crippen molar-refractivity contribution in [2.75, 3.05) is 12.4 Å². The van der Waals surface area contributed by atoms with Crippen LogP contribution in [0.3, 0.4) is 0 Å². The molecule has 5 rings (SSSR count). The zero-order chi connectivity index (χ0) is 18.9. The number of ether oxygens (including phenoxy) is 1. The van der Waals surface area contributed by atoms with Crippen molar-refractivity contribution in [1.82, 2.24) is 9.78 Å². The molecule has 4 aromatic rings. The Morgan fingerprint density at radius 3 is 2.39 bits per heavy atom. The molecule has 1 heterocycles. The molecule has 0 atom stereocenters. The lowest BCUT2D eigenvalue weighted by Crippen LogP contribution is -2.05. The number of hydrogen-bond donors (Lipinski definition) is 1. The summed E-state index contributed by atoms with van der Waals surface area (Å²) in [5, 5.41) is 8.64.